The van der Waals surface area contributed by atoms with Crippen LogP contribution in [0.1, 0.15) is 18.3 Å². The monoisotopic (exact) mass is 511 g/mol. The Morgan fingerprint density at radius 1 is 1.05 bits per heavy atom. The number of benzene rings is 1. The molecule has 7 rings (SSSR count). The first-order valence-electron chi connectivity index (χ1n) is 11.5. The van der Waals surface area contributed by atoms with E-state index in [1.165, 1.54) is 6.33 Å². The van der Waals surface area contributed by atoms with E-state index in [4.69, 9.17) is 22.4 Å². The van der Waals surface area contributed by atoms with Crippen LogP contribution in [-0.2, 0) is 0 Å². The van der Waals surface area contributed by atoms with Crippen LogP contribution in [0.3, 0.4) is 0 Å². The Balaban J connectivity index is 1.41. The molecule has 0 saturated carbocycles. The molecule has 1 fully saturated rings. The Morgan fingerprint density at radius 3 is 2.62 bits per heavy atom. The highest BCUT2D eigenvalue weighted by molar-refractivity contribution is 6.33. The van der Waals surface area contributed by atoms with Crippen LogP contribution >= 0.6 is 11.6 Å². The molecular weight excluding hydrogens is 494 g/mol. The molecule has 6 heterocycles. The van der Waals surface area contributed by atoms with Gasteiger partial charge < -0.3 is 10.6 Å². The van der Waals surface area contributed by atoms with Gasteiger partial charge in [-0.2, -0.15) is 10.2 Å². The van der Waals surface area contributed by atoms with Gasteiger partial charge in [0.2, 0.25) is 5.95 Å². The van der Waals surface area contributed by atoms with Crippen LogP contribution in [-0.4, -0.2) is 50.9 Å². The number of halogens is 1. The van der Waals surface area contributed by atoms with Crippen molar-refractivity contribution < 1.29 is 0 Å². The van der Waals surface area contributed by atoms with Crippen molar-refractivity contribution in [2.45, 2.75) is 12.5 Å². The number of nitrogen functional groups attached to an aromatic ring is 1. The maximum atomic E-state index is 13.7. The summed E-state index contributed by atoms with van der Waals surface area (Å²) in [5, 5.41) is 13.3. The molecule has 0 aliphatic carbocycles. The lowest BCUT2D eigenvalue weighted by Crippen LogP contribution is -2.45. The van der Waals surface area contributed by atoms with E-state index in [2.05, 4.69) is 35.0 Å². The standard InChI is InChI=1S/C24H18ClN11O/c25-15-6-9-35-19(15)23(37)36(14-4-2-1-3-5-14)21(33-35)16-7-8-34(16)22-17-18(13-10-27-24(26)28-11-13)31-32-20(17)29-12-30-22/h1-6,9-12,16H,7-8H2,(H2,26,27,28)(H,29,30,31,32)/t16-/m0/s1. The Bertz CT molecular complexity index is 1840. The molecule has 0 bridgehead atoms. The second-order valence-electron chi connectivity index (χ2n) is 8.61. The molecule has 0 spiro atoms. The summed E-state index contributed by atoms with van der Waals surface area (Å²) >= 11 is 6.35. The number of hydrogen-bond acceptors (Lipinski definition) is 9. The fraction of sp³-hybridized carbons (Fsp3) is 0.125. The molecule has 0 amide bonds. The first-order valence-corrected chi connectivity index (χ1v) is 11.9. The molecule has 0 unspecified atom stereocenters. The van der Waals surface area contributed by atoms with Gasteiger partial charge in [0.05, 0.1) is 27.8 Å². The summed E-state index contributed by atoms with van der Waals surface area (Å²) in [4.78, 5) is 32.9. The molecule has 1 saturated heterocycles. The van der Waals surface area contributed by atoms with Crippen LogP contribution in [0.4, 0.5) is 11.8 Å². The average molecular weight is 512 g/mol. The van der Waals surface area contributed by atoms with Crippen LogP contribution in [0.2, 0.25) is 5.02 Å². The van der Waals surface area contributed by atoms with Crippen LogP contribution in [0.15, 0.2) is 66.1 Å². The van der Waals surface area contributed by atoms with Crippen molar-refractivity contribution in [3.05, 3.63) is 82.5 Å². The number of nitrogens with zero attached hydrogens (tertiary/aromatic N) is 9. The molecular formula is C24H18ClN11O. The third-order valence-electron chi connectivity index (χ3n) is 6.56. The second kappa shape index (κ2) is 8.10. The highest BCUT2D eigenvalue weighted by atomic mass is 35.5. The highest BCUT2D eigenvalue weighted by Crippen LogP contribution is 2.41. The van der Waals surface area contributed by atoms with Crippen LogP contribution in [0.25, 0.3) is 33.5 Å². The molecule has 1 aromatic carbocycles. The van der Waals surface area contributed by atoms with Crippen molar-refractivity contribution in [1.82, 2.24) is 44.3 Å². The quantitative estimate of drug-likeness (QED) is 0.364. The summed E-state index contributed by atoms with van der Waals surface area (Å²) in [5.41, 5.74) is 8.34. The summed E-state index contributed by atoms with van der Waals surface area (Å²) in [6, 6.07) is 10.9. The van der Waals surface area contributed by atoms with Crippen molar-refractivity contribution in [2.75, 3.05) is 17.2 Å². The zero-order valence-electron chi connectivity index (χ0n) is 19.2. The fourth-order valence-corrected chi connectivity index (χ4v) is 4.96. The summed E-state index contributed by atoms with van der Waals surface area (Å²) in [5.74, 6) is 1.42. The van der Waals surface area contributed by atoms with E-state index in [-0.39, 0.29) is 17.5 Å². The molecule has 5 aromatic heterocycles. The third kappa shape index (κ3) is 3.26. The molecule has 0 radical (unpaired) electrons. The number of nitrogens with one attached hydrogen (secondary N) is 1. The first kappa shape index (κ1) is 21.4. The molecule has 12 nitrogen and oxygen atoms in total. The summed E-state index contributed by atoms with van der Waals surface area (Å²) in [6.45, 7) is 0.703. The predicted octanol–water partition coefficient (Wildman–Crippen LogP) is 2.80. The Kier molecular flexibility index (Phi) is 4.69. The molecule has 37 heavy (non-hydrogen) atoms. The SMILES string of the molecule is Nc1ncc(-c2[nH]nc3ncnc(N4CC[C@H]4c4nn5ccc(Cl)c5c(=O)n4-c4ccccc4)c23)cn1. The van der Waals surface area contributed by atoms with Gasteiger partial charge in [-0.05, 0) is 24.6 Å². The van der Waals surface area contributed by atoms with E-state index >= 15 is 0 Å². The van der Waals surface area contributed by atoms with Gasteiger partial charge in [0.15, 0.2) is 11.5 Å². The molecule has 182 valence electrons. The minimum absolute atomic E-state index is 0.178. The van der Waals surface area contributed by atoms with Gasteiger partial charge >= 0.3 is 0 Å². The van der Waals surface area contributed by atoms with Gasteiger partial charge in [0.1, 0.15) is 17.7 Å². The zero-order valence-corrected chi connectivity index (χ0v) is 19.9. The number of aromatic amines is 1. The number of nitrogens with two attached hydrogens (primary N) is 1. The number of rotatable bonds is 4. The minimum atomic E-state index is -0.242. The van der Waals surface area contributed by atoms with Crippen molar-refractivity contribution in [2.24, 2.45) is 0 Å². The lowest BCUT2D eigenvalue weighted by molar-refractivity contribution is 0.424. The molecule has 3 N–H and O–H groups in total. The van der Waals surface area contributed by atoms with Crippen molar-refractivity contribution in [1.29, 1.82) is 0 Å². The van der Waals surface area contributed by atoms with E-state index in [0.29, 0.717) is 51.3 Å². The molecule has 1 atom stereocenters. The largest absolute Gasteiger partial charge is 0.368 e. The maximum Gasteiger partial charge on any atom is 0.284 e. The smallest absolute Gasteiger partial charge is 0.284 e. The maximum absolute atomic E-state index is 13.7. The van der Waals surface area contributed by atoms with Crippen LogP contribution < -0.4 is 16.2 Å². The summed E-state index contributed by atoms with van der Waals surface area (Å²) < 4.78 is 3.17. The third-order valence-corrected chi connectivity index (χ3v) is 6.86. The second-order valence-corrected chi connectivity index (χ2v) is 9.02. The number of anilines is 2. The topological polar surface area (TPSA) is 149 Å². The number of H-pyrrole nitrogens is 1. The van der Waals surface area contributed by atoms with Gasteiger partial charge in [-0.3, -0.25) is 14.5 Å². The normalized spacial score (nSPS) is 15.4. The van der Waals surface area contributed by atoms with Crippen molar-refractivity contribution in [3.63, 3.8) is 0 Å². The van der Waals surface area contributed by atoms with E-state index in [1.807, 2.05) is 30.3 Å². The lowest BCUT2D eigenvalue weighted by atomic mass is 10.0. The number of aromatic nitrogens is 9. The van der Waals surface area contributed by atoms with Crippen LogP contribution in [0, 0.1) is 0 Å². The van der Waals surface area contributed by atoms with E-state index < -0.39 is 0 Å². The first-order chi connectivity index (χ1) is 18.1. The van der Waals surface area contributed by atoms with Gasteiger partial charge in [-0.1, -0.05) is 29.8 Å². The number of hydrogen-bond donors (Lipinski definition) is 2. The molecule has 1 aliphatic heterocycles. The zero-order chi connectivity index (χ0) is 25.1. The average Bonchev–Trinajstić information content (AvgIpc) is 3.49. The number of para-hydroxylation sites is 1. The van der Waals surface area contributed by atoms with Gasteiger partial charge in [0.25, 0.3) is 5.56 Å². The Labute approximate surface area is 213 Å². The highest BCUT2D eigenvalue weighted by Gasteiger charge is 2.37. The predicted molar refractivity (Wildman–Crippen MR) is 138 cm³/mol. The number of fused-ring (bicyclic) bond motifs is 2. The summed E-state index contributed by atoms with van der Waals surface area (Å²) in [6.07, 6.45) is 7.18. The fourth-order valence-electron chi connectivity index (χ4n) is 4.73. The van der Waals surface area contributed by atoms with Gasteiger partial charge in [0, 0.05) is 30.7 Å². The van der Waals surface area contributed by atoms with E-state index in [9.17, 15) is 4.79 Å². The lowest BCUT2D eigenvalue weighted by Gasteiger charge is -2.42. The van der Waals surface area contributed by atoms with E-state index in [0.717, 1.165) is 11.8 Å². The van der Waals surface area contributed by atoms with Crippen molar-refractivity contribution in [3.8, 4) is 16.9 Å². The van der Waals surface area contributed by atoms with Gasteiger partial charge in [-0.15, -0.1) is 0 Å². The van der Waals surface area contributed by atoms with Gasteiger partial charge in [-0.25, -0.2) is 24.5 Å². The van der Waals surface area contributed by atoms with Crippen LogP contribution in [0.5, 0.6) is 0 Å². The Hall–Kier alpha value is -4.84. The van der Waals surface area contributed by atoms with E-state index in [1.54, 1.807) is 33.7 Å². The van der Waals surface area contributed by atoms with Crippen molar-refractivity contribution >= 4 is 39.9 Å². The Morgan fingerprint density at radius 2 is 1.86 bits per heavy atom. The summed E-state index contributed by atoms with van der Waals surface area (Å²) in [7, 11) is 0. The molecule has 1 aliphatic rings. The minimum Gasteiger partial charge on any atom is -0.368 e. The molecule has 13 heteroatoms. The molecule has 6 aromatic rings.